The smallest absolute Gasteiger partial charge is 0.303 e. The van der Waals surface area contributed by atoms with Crippen LogP contribution < -0.4 is 11.1 Å². The maximum Gasteiger partial charge on any atom is 0.303 e. The standard InChI is InChI=1S/C15H26N6O3.ClH/c16-6-2-1-3-13(15(24)20-9-7-17-8-10-20)21-11-12(18-19-21)4-5-14(22)23;/h11,13,17H,1-10,16H2,(H,22,23);1H/t13-;/m0./s1. The number of carboxylic acid groups (broad SMARTS) is 1. The molecule has 1 aliphatic rings. The number of aliphatic carboxylic acids is 1. The minimum atomic E-state index is -0.874. The molecule has 0 bridgehead atoms. The minimum Gasteiger partial charge on any atom is -0.481 e. The van der Waals surface area contributed by atoms with Crippen LogP contribution in [0.15, 0.2) is 6.20 Å². The lowest BCUT2D eigenvalue weighted by molar-refractivity contribution is -0.137. The van der Waals surface area contributed by atoms with E-state index in [4.69, 9.17) is 10.8 Å². The second-order valence-corrected chi connectivity index (χ2v) is 5.96. The minimum absolute atomic E-state index is 0. The number of rotatable bonds is 9. The van der Waals surface area contributed by atoms with Crippen LogP contribution in [0, 0.1) is 0 Å². The third-order valence-electron chi connectivity index (χ3n) is 4.12. The molecular formula is C15H27ClN6O3. The van der Waals surface area contributed by atoms with Crippen molar-refractivity contribution in [2.45, 2.75) is 38.1 Å². The molecular weight excluding hydrogens is 348 g/mol. The number of carboxylic acids is 1. The van der Waals surface area contributed by atoms with Crippen molar-refractivity contribution in [2.24, 2.45) is 5.73 Å². The van der Waals surface area contributed by atoms with Crippen LogP contribution >= 0.6 is 12.4 Å². The highest BCUT2D eigenvalue weighted by atomic mass is 35.5. The quantitative estimate of drug-likeness (QED) is 0.511. The normalized spacial score (nSPS) is 15.5. The average Bonchev–Trinajstić information content (AvgIpc) is 3.06. The number of piperazine rings is 1. The SMILES string of the molecule is Cl.NCCCC[C@@H](C(=O)N1CCNCC1)n1cc(CCC(=O)O)nn1. The van der Waals surface area contributed by atoms with E-state index < -0.39 is 12.0 Å². The number of carbonyl (C=O) groups is 2. The molecule has 1 atom stereocenters. The molecule has 1 aliphatic heterocycles. The summed E-state index contributed by atoms with van der Waals surface area (Å²) in [6.07, 6.45) is 4.35. The van der Waals surface area contributed by atoms with Gasteiger partial charge in [0.25, 0.3) is 0 Å². The first-order valence-corrected chi connectivity index (χ1v) is 8.44. The highest BCUT2D eigenvalue weighted by Crippen LogP contribution is 2.18. The number of hydrogen-bond donors (Lipinski definition) is 3. The number of amides is 1. The van der Waals surface area contributed by atoms with Gasteiger partial charge in [0, 0.05) is 38.8 Å². The maximum atomic E-state index is 12.9. The molecule has 1 aromatic heterocycles. The Balaban J connectivity index is 0.00000312. The van der Waals surface area contributed by atoms with Gasteiger partial charge in [0.1, 0.15) is 6.04 Å². The number of carbonyl (C=O) groups excluding carboxylic acids is 1. The fourth-order valence-electron chi connectivity index (χ4n) is 2.76. The number of nitrogens with zero attached hydrogens (tertiary/aromatic N) is 4. The molecule has 0 radical (unpaired) electrons. The summed E-state index contributed by atoms with van der Waals surface area (Å²) >= 11 is 0. The number of nitrogens with two attached hydrogens (primary N) is 1. The molecule has 1 saturated heterocycles. The van der Waals surface area contributed by atoms with E-state index in [0.29, 0.717) is 38.2 Å². The summed E-state index contributed by atoms with van der Waals surface area (Å²) in [7, 11) is 0. The van der Waals surface area contributed by atoms with Crippen LogP contribution in [0.3, 0.4) is 0 Å². The Labute approximate surface area is 153 Å². The van der Waals surface area contributed by atoms with Gasteiger partial charge in [-0.1, -0.05) is 5.21 Å². The average molecular weight is 375 g/mol. The first kappa shape index (κ1) is 21.3. The molecule has 0 spiro atoms. The molecule has 10 heteroatoms. The van der Waals surface area contributed by atoms with Crippen LogP contribution in [0.25, 0.3) is 0 Å². The third-order valence-corrected chi connectivity index (χ3v) is 4.12. The third kappa shape index (κ3) is 6.60. The van der Waals surface area contributed by atoms with E-state index in [9.17, 15) is 9.59 Å². The Hall–Kier alpha value is -1.71. The predicted octanol–water partition coefficient (Wildman–Crippen LogP) is -0.181. The second kappa shape index (κ2) is 11.0. The fraction of sp³-hybridized carbons (Fsp3) is 0.733. The number of aryl methyl sites for hydroxylation is 1. The molecule has 2 rings (SSSR count). The van der Waals surface area contributed by atoms with Crippen molar-refractivity contribution < 1.29 is 14.7 Å². The van der Waals surface area contributed by atoms with Crippen molar-refractivity contribution in [3.63, 3.8) is 0 Å². The van der Waals surface area contributed by atoms with Crippen LogP contribution in [-0.4, -0.2) is 69.6 Å². The van der Waals surface area contributed by atoms with E-state index in [2.05, 4.69) is 15.6 Å². The predicted molar refractivity (Wildman–Crippen MR) is 94.6 cm³/mol. The Morgan fingerprint density at radius 3 is 2.68 bits per heavy atom. The first-order valence-electron chi connectivity index (χ1n) is 8.44. The summed E-state index contributed by atoms with van der Waals surface area (Å²) in [6, 6.07) is -0.402. The molecule has 9 nitrogen and oxygen atoms in total. The number of unbranched alkanes of at least 4 members (excludes halogenated alkanes) is 1. The zero-order chi connectivity index (χ0) is 17.4. The monoisotopic (exact) mass is 374 g/mol. The lowest BCUT2D eigenvalue weighted by Gasteiger charge is -2.30. The Morgan fingerprint density at radius 1 is 1.32 bits per heavy atom. The summed E-state index contributed by atoms with van der Waals surface area (Å²) < 4.78 is 1.58. The Bertz CT molecular complexity index is 547. The number of aromatic nitrogens is 3. The zero-order valence-electron chi connectivity index (χ0n) is 14.3. The van der Waals surface area contributed by atoms with Gasteiger partial charge in [-0.05, 0) is 25.8 Å². The van der Waals surface area contributed by atoms with E-state index in [-0.39, 0.29) is 24.7 Å². The highest BCUT2D eigenvalue weighted by molar-refractivity contribution is 5.85. The van der Waals surface area contributed by atoms with Gasteiger partial charge in [-0.2, -0.15) is 0 Å². The Kier molecular flexibility index (Phi) is 9.40. The van der Waals surface area contributed by atoms with Gasteiger partial charge in [-0.3, -0.25) is 9.59 Å². The van der Waals surface area contributed by atoms with Gasteiger partial charge < -0.3 is 21.1 Å². The van der Waals surface area contributed by atoms with Crippen molar-refractivity contribution in [1.29, 1.82) is 0 Å². The lowest BCUT2D eigenvalue weighted by atomic mass is 10.1. The van der Waals surface area contributed by atoms with Gasteiger partial charge >= 0.3 is 5.97 Å². The van der Waals surface area contributed by atoms with E-state index in [1.807, 2.05) is 4.90 Å². The number of hydrogen-bond acceptors (Lipinski definition) is 6. The van der Waals surface area contributed by atoms with Crippen LogP contribution in [0.4, 0.5) is 0 Å². The maximum absolute atomic E-state index is 12.9. The Morgan fingerprint density at radius 2 is 2.04 bits per heavy atom. The largest absolute Gasteiger partial charge is 0.481 e. The van der Waals surface area contributed by atoms with Crippen molar-refractivity contribution in [3.05, 3.63) is 11.9 Å². The van der Waals surface area contributed by atoms with Crippen LogP contribution in [0.1, 0.15) is 37.4 Å². The lowest BCUT2D eigenvalue weighted by Crippen LogP contribution is -2.48. The van der Waals surface area contributed by atoms with Crippen molar-refractivity contribution >= 4 is 24.3 Å². The number of halogens is 1. The van der Waals surface area contributed by atoms with Crippen LogP contribution in [-0.2, 0) is 16.0 Å². The molecule has 4 N–H and O–H groups in total. The summed E-state index contributed by atoms with van der Waals surface area (Å²) in [4.78, 5) is 25.4. The van der Waals surface area contributed by atoms with Crippen molar-refractivity contribution in [2.75, 3.05) is 32.7 Å². The van der Waals surface area contributed by atoms with Crippen molar-refractivity contribution in [3.8, 4) is 0 Å². The molecule has 2 heterocycles. The van der Waals surface area contributed by atoms with Crippen LogP contribution in [0.5, 0.6) is 0 Å². The molecule has 1 fully saturated rings. The molecule has 0 aliphatic carbocycles. The second-order valence-electron chi connectivity index (χ2n) is 5.96. The van der Waals surface area contributed by atoms with E-state index >= 15 is 0 Å². The van der Waals surface area contributed by atoms with Gasteiger partial charge in [0.05, 0.1) is 12.1 Å². The molecule has 0 saturated carbocycles. The fourth-order valence-corrected chi connectivity index (χ4v) is 2.76. The van der Waals surface area contributed by atoms with Crippen molar-refractivity contribution in [1.82, 2.24) is 25.2 Å². The van der Waals surface area contributed by atoms with Gasteiger partial charge in [-0.15, -0.1) is 17.5 Å². The highest BCUT2D eigenvalue weighted by Gasteiger charge is 2.27. The van der Waals surface area contributed by atoms with Gasteiger partial charge in [0.15, 0.2) is 0 Å². The summed E-state index contributed by atoms with van der Waals surface area (Å²) in [6.45, 7) is 3.56. The van der Waals surface area contributed by atoms with E-state index in [1.165, 1.54) is 0 Å². The molecule has 25 heavy (non-hydrogen) atoms. The summed E-state index contributed by atoms with van der Waals surface area (Å²) in [5.74, 6) is -0.829. The number of nitrogens with one attached hydrogen (secondary N) is 1. The van der Waals surface area contributed by atoms with Crippen LogP contribution in [0.2, 0.25) is 0 Å². The summed E-state index contributed by atoms with van der Waals surface area (Å²) in [5, 5.41) is 20.1. The topological polar surface area (TPSA) is 126 Å². The van der Waals surface area contributed by atoms with E-state index in [0.717, 1.165) is 25.9 Å². The molecule has 1 aromatic rings. The zero-order valence-corrected chi connectivity index (χ0v) is 15.1. The molecule has 1 amide bonds. The van der Waals surface area contributed by atoms with Gasteiger partial charge in [0.2, 0.25) is 5.91 Å². The molecule has 142 valence electrons. The van der Waals surface area contributed by atoms with E-state index in [1.54, 1.807) is 10.9 Å². The molecule has 0 unspecified atom stereocenters. The molecule has 0 aromatic carbocycles. The first-order chi connectivity index (χ1) is 11.6. The summed E-state index contributed by atoms with van der Waals surface area (Å²) in [5.41, 5.74) is 6.14. The van der Waals surface area contributed by atoms with Gasteiger partial charge in [-0.25, -0.2) is 4.68 Å².